The second-order valence-electron chi connectivity index (χ2n) is 3.97. The van der Waals surface area contributed by atoms with Crippen molar-refractivity contribution in [3.8, 4) is 11.5 Å². The fourth-order valence-electron chi connectivity index (χ4n) is 1.51. The average Bonchev–Trinajstić information content (AvgIpc) is 2.46. The van der Waals surface area contributed by atoms with Crippen molar-refractivity contribution in [1.29, 1.82) is 0 Å². The lowest BCUT2D eigenvalue weighted by molar-refractivity contribution is 0.415. The van der Waals surface area contributed by atoms with Crippen LogP contribution in [0.25, 0.3) is 6.08 Å². The summed E-state index contributed by atoms with van der Waals surface area (Å²) in [6.45, 7) is 0. The fourth-order valence-corrected chi connectivity index (χ4v) is 2.27. The lowest BCUT2D eigenvalue weighted by Gasteiger charge is -2.02. The number of ether oxygens (including phenoxy) is 1. The van der Waals surface area contributed by atoms with Crippen LogP contribution in [0.1, 0.15) is 5.56 Å². The van der Waals surface area contributed by atoms with Crippen LogP contribution in [0.2, 0.25) is 0 Å². The van der Waals surface area contributed by atoms with E-state index < -0.39 is 10.1 Å². The van der Waals surface area contributed by atoms with Gasteiger partial charge in [-0.15, -0.1) is 0 Å². The molecule has 0 aliphatic carbocycles. The molecule has 0 atom stereocenters. The van der Waals surface area contributed by atoms with Gasteiger partial charge in [0.1, 0.15) is 11.5 Å². The molecule has 0 amide bonds. The Morgan fingerprint density at radius 1 is 0.900 bits per heavy atom. The molecule has 0 radical (unpaired) electrons. The van der Waals surface area contributed by atoms with Crippen molar-refractivity contribution in [3.05, 3.63) is 65.6 Å². The smallest absolute Gasteiger partial charge is 0.332 e. The highest BCUT2D eigenvalue weighted by molar-refractivity contribution is 7.90. The molecule has 0 saturated heterocycles. The van der Waals surface area contributed by atoms with Gasteiger partial charge in [-0.3, -0.25) is 0 Å². The number of methoxy groups -OCH3 is 1. The predicted molar refractivity (Wildman–Crippen MR) is 78.0 cm³/mol. The van der Waals surface area contributed by atoms with Gasteiger partial charge in [-0.05, 0) is 35.9 Å². The van der Waals surface area contributed by atoms with Crippen LogP contribution in [0.15, 0.2) is 60.0 Å². The molecular formula is C15H14O4S. The van der Waals surface area contributed by atoms with Crippen molar-refractivity contribution in [2.45, 2.75) is 0 Å². The summed E-state index contributed by atoms with van der Waals surface area (Å²) in [5.74, 6) is 0.998. The number of benzene rings is 2. The van der Waals surface area contributed by atoms with Crippen molar-refractivity contribution >= 4 is 16.2 Å². The van der Waals surface area contributed by atoms with Gasteiger partial charge in [0, 0.05) is 0 Å². The fraction of sp³-hybridized carbons (Fsp3) is 0.0667. The van der Waals surface area contributed by atoms with E-state index in [1.54, 1.807) is 61.7 Å². The van der Waals surface area contributed by atoms with Crippen molar-refractivity contribution < 1.29 is 17.3 Å². The van der Waals surface area contributed by atoms with Crippen LogP contribution in [0, 0.1) is 0 Å². The molecule has 0 aliphatic rings. The number of para-hydroxylation sites is 1. The second-order valence-corrected chi connectivity index (χ2v) is 5.39. The quantitative estimate of drug-likeness (QED) is 0.794. The summed E-state index contributed by atoms with van der Waals surface area (Å²) in [5, 5.41) is 1.03. The Morgan fingerprint density at radius 2 is 1.55 bits per heavy atom. The molecule has 0 aliphatic heterocycles. The summed E-state index contributed by atoms with van der Waals surface area (Å²) < 4.78 is 33.5. The molecule has 2 aromatic carbocycles. The van der Waals surface area contributed by atoms with Gasteiger partial charge in [-0.1, -0.05) is 30.3 Å². The normalized spacial score (nSPS) is 11.4. The number of rotatable bonds is 5. The zero-order chi connectivity index (χ0) is 14.4. The van der Waals surface area contributed by atoms with Crippen molar-refractivity contribution in [3.63, 3.8) is 0 Å². The Bertz CT molecular complexity index is 674. The Labute approximate surface area is 118 Å². The van der Waals surface area contributed by atoms with E-state index in [1.807, 2.05) is 0 Å². The summed E-state index contributed by atoms with van der Waals surface area (Å²) >= 11 is 0. The van der Waals surface area contributed by atoms with Gasteiger partial charge in [-0.25, -0.2) is 0 Å². The van der Waals surface area contributed by atoms with Crippen LogP contribution in [0.5, 0.6) is 11.5 Å². The Hall–Kier alpha value is -2.27. The molecule has 0 heterocycles. The molecule has 104 valence electrons. The van der Waals surface area contributed by atoms with Crippen LogP contribution < -0.4 is 8.92 Å². The van der Waals surface area contributed by atoms with Gasteiger partial charge in [0.25, 0.3) is 0 Å². The largest absolute Gasteiger partial charge is 0.497 e. The predicted octanol–water partition coefficient (Wildman–Crippen LogP) is 3.07. The maximum atomic E-state index is 11.8. The third kappa shape index (κ3) is 4.13. The lowest BCUT2D eigenvalue weighted by atomic mass is 10.2. The van der Waals surface area contributed by atoms with Crippen LogP contribution in [0.3, 0.4) is 0 Å². The first-order valence-electron chi connectivity index (χ1n) is 5.91. The van der Waals surface area contributed by atoms with Gasteiger partial charge in [0.2, 0.25) is 0 Å². The van der Waals surface area contributed by atoms with Gasteiger partial charge < -0.3 is 8.92 Å². The van der Waals surface area contributed by atoms with Crippen molar-refractivity contribution in [1.82, 2.24) is 0 Å². The average molecular weight is 290 g/mol. The third-order valence-electron chi connectivity index (χ3n) is 2.50. The molecule has 5 heteroatoms. The van der Waals surface area contributed by atoms with E-state index in [-0.39, 0.29) is 5.75 Å². The molecule has 0 bridgehead atoms. The maximum absolute atomic E-state index is 11.8. The molecule has 0 N–H and O–H groups in total. The van der Waals surface area contributed by atoms with E-state index in [0.29, 0.717) is 5.75 Å². The lowest BCUT2D eigenvalue weighted by Crippen LogP contribution is -2.04. The minimum absolute atomic E-state index is 0.284. The molecule has 4 nitrogen and oxygen atoms in total. The van der Waals surface area contributed by atoms with E-state index >= 15 is 0 Å². The molecule has 0 spiro atoms. The van der Waals surface area contributed by atoms with E-state index in [0.717, 1.165) is 11.0 Å². The van der Waals surface area contributed by atoms with Crippen LogP contribution in [-0.2, 0) is 10.1 Å². The van der Waals surface area contributed by atoms with Crippen LogP contribution >= 0.6 is 0 Å². The number of hydrogen-bond acceptors (Lipinski definition) is 4. The van der Waals surface area contributed by atoms with E-state index in [9.17, 15) is 8.42 Å². The summed E-state index contributed by atoms with van der Waals surface area (Å²) in [5.41, 5.74) is 0.742. The molecule has 0 unspecified atom stereocenters. The van der Waals surface area contributed by atoms with Crippen molar-refractivity contribution in [2.24, 2.45) is 0 Å². The Balaban J connectivity index is 2.09. The first-order valence-corrected chi connectivity index (χ1v) is 7.38. The Kier molecular flexibility index (Phi) is 4.42. The zero-order valence-electron chi connectivity index (χ0n) is 10.9. The standard InChI is InChI=1S/C15H14O4S/c1-18-14-9-7-13(8-10-14)11-12-20(16,17)19-15-5-3-2-4-6-15/h2-12H,1H3/b12-11+. The molecule has 20 heavy (non-hydrogen) atoms. The first kappa shape index (κ1) is 14.1. The third-order valence-corrected chi connectivity index (χ3v) is 3.39. The van der Waals surface area contributed by atoms with E-state index in [2.05, 4.69) is 0 Å². The second kappa shape index (κ2) is 6.25. The highest BCUT2D eigenvalue weighted by Gasteiger charge is 2.07. The molecule has 2 rings (SSSR count). The SMILES string of the molecule is COc1ccc(/C=C/S(=O)(=O)Oc2ccccc2)cc1. The van der Waals surface area contributed by atoms with E-state index in [4.69, 9.17) is 8.92 Å². The topological polar surface area (TPSA) is 52.6 Å². The molecule has 0 saturated carbocycles. The number of hydrogen-bond donors (Lipinski definition) is 0. The van der Waals surface area contributed by atoms with Crippen molar-refractivity contribution in [2.75, 3.05) is 7.11 Å². The highest BCUT2D eigenvalue weighted by atomic mass is 32.2. The Morgan fingerprint density at radius 3 is 2.15 bits per heavy atom. The monoisotopic (exact) mass is 290 g/mol. The molecule has 0 aromatic heterocycles. The molecular weight excluding hydrogens is 276 g/mol. The summed E-state index contributed by atoms with van der Waals surface area (Å²) in [7, 11) is -2.19. The van der Waals surface area contributed by atoms with E-state index in [1.165, 1.54) is 6.08 Å². The summed E-state index contributed by atoms with van der Waals surface area (Å²) in [6.07, 6.45) is 1.47. The van der Waals surface area contributed by atoms with Gasteiger partial charge >= 0.3 is 10.1 Å². The van der Waals surface area contributed by atoms with Gasteiger partial charge in [0.05, 0.1) is 12.5 Å². The summed E-state index contributed by atoms with van der Waals surface area (Å²) in [4.78, 5) is 0. The zero-order valence-corrected chi connectivity index (χ0v) is 11.7. The minimum atomic E-state index is -3.76. The molecule has 0 fully saturated rings. The maximum Gasteiger partial charge on any atom is 0.332 e. The first-order chi connectivity index (χ1) is 9.59. The highest BCUT2D eigenvalue weighted by Crippen LogP contribution is 2.15. The summed E-state index contributed by atoms with van der Waals surface area (Å²) in [6, 6.07) is 15.4. The molecule has 2 aromatic rings. The van der Waals surface area contributed by atoms with Gasteiger partial charge in [0.15, 0.2) is 0 Å². The van der Waals surface area contributed by atoms with Crippen LogP contribution in [-0.4, -0.2) is 15.5 Å². The van der Waals surface area contributed by atoms with Crippen LogP contribution in [0.4, 0.5) is 0 Å². The minimum Gasteiger partial charge on any atom is -0.497 e. The van der Waals surface area contributed by atoms with Gasteiger partial charge in [-0.2, -0.15) is 8.42 Å².